The van der Waals surface area contributed by atoms with Gasteiger partial charge in [0.1, 0.15) is 10.7 Å². The predicted octanol–water partition coefficient (Wildman–Crippen LogP) is 2.78. The lowest BCUT2D eigenvalue weighted by Gasteiger charge is -1.91. The van der Waals surface area contributed by atoms with Crippen molar-refractivity contribution in [3.8, 4) is 10.7 Å². The van der Waals surface area contributed by atoms with Gasteiger partial charge in [-0.3, -0.25) is 0 Å². The molecule has 3 aromatic rings. The quantitative estimate of drug-likeness (QED) is 0.758. The molecule has 0 spiro atoms. The van der Waals surface area contributed by atoms with E-state index in [-0.39, 0.29) is 5.82 Å². The van der Waals surface area contributed by atoms with E-state index in [1.54, 1.807) is 6.07 Å². The van der Waals surface area contributed by atoms with Crippen LogP contribution in [0.1, 0.15) is 12.6 Å². The van der Waals surface area contributed by atoms with Gasteiger partial charge in [0, 0.05) is 0 Å². The zero-order valence-corrected chi connectivity index (χ0v) is 9.88. The van der Waals surface area contributed by atoms with Gasteiger partial charge in [-0.15, -0.1) is 5.10 Å². The smallest absolute Gasteiger partial charge is 0.152 e. The number of hydrogen-bond donors (Lipinski definition) is 1. The summed E-state index contributed by atoms with van der Waals surface area (Å²) in [5, 5.41) is 4.03. The highest BCUT2D eigenvalue weighted by atomic mass is 32.1. The third kappa shape index (κ3) is 1.70. The van der Waals surface area contributed by atoms with E-state index in [1.807, 2.05) is 6.92 Å². The molecule has 0 aliphatic rings. The predicted molar refractivity (Wildman–Crippen MR) is 64.3 cm³/mol. The van der Waals surface area contributed by atoms with E-state index in [0.29, 0.717) is 11.3 Å². The highest BCUT2D eigenvalue weighted by molar-refractivity contribution is 7.09. The van der Waals surface area contributed by atoms with Crippen molar-refractivity contribution in [1.29, 1.82) is 0 Å². The number of aromatic nitrogens is 4. The number of rotatable bonds is 2. The van der Waals surface area contributed by atoms with Gasteiger partial charge in [0.2, 0.25) is 0 Å². The Morgan fingerprint density at radius 2 is 2.29 bits per heavy atom. The summed E-state index contributed by atoms with van der Waals surface area (Å²) in [6.45, 7) is 2.02. The molecule has 0 saturated heterocycles. The molecule has 86 valence electrons. The summed E-state index contributed by atoms with van der Waals surface area (Å²) in [5.74, 6) is 0.434. The number of halogens is 1. The summed E-state index contributed by atoms with van der Waals surface area (Å²) in [4.78, 5) is 8.43. The monoisotopic (exact) mass is 248 g/mol. The number of H-pyrrole nitrogens is 1. The molecular weight excluding hydrogens is 239 g/mol. The van der Waals surface area contributed by atoms with Crippen molar-refractivity contribution >= 4 is 22.6 Å². The first-order chi connectivity index (χ1) is 8.28. The number of nitrogens with one attached hydrogen (secondary N) is 1. The summed E-state index contributed by atoms with van der Waals surface area (Å²) in [6.07, 6.45) is 0.803. The van der Waals surface area contributed by atoms with Gasteiger partial charge < -0.3 is 4.98 Å². The second-order valence-electron chi connectivity index (χ2n) is 3.65. The van der Waals surface area contributed by atoms with Crippen LogP contribution in [0.2, 0.25) is 0 Å². The lowest BCUT2D eigenvalue weighted by molar-refractivity contribution is 0.629. The summed E-state index contributed by atoms with van der Waals surface area (Å²) in [5.41, 5.74) is 2.35. The van der Waals surface area contributed by atoms with Crippen LogP contribution in [0, 0.1) is 5.82 Å². The maximum Gasteiger partial charge on any atom is 0.152 e. The number of benzene rings is 1. The van der Waals surface area contributed by atoms with Crippen LogP contribution in [0.15, 0.2) is 18.2 Å². The first kappa shape index (κ1) is 10.3. The molecule has 1 N–H and O–H groups in total. The van der Waals surface area contributed by atoms with Gasteiger partial charge in [-0.25, -0.2) is 9.37 Å². The van der Waals surface area contributed by atoms with E-state index >= 15 is 0 Å². The van der Waals surface area contributed by atoms with E-state index in [1.165, 1.54) is 23.7 Å². The maximum absolute atomic E-state index is 13.1. The van der Waals surface area contributed by atoms with Crippen LogP contribution < -0.4 is 0 Å². The summed E-state index contributed by atoms with van der Waals surface area (Å²) in [6, 6.07) is 4.50. The first-order valence-corrected chi connectivity index (χ1v) is 6.02. The van der Waals surface area contributed by atoms with Gasteiger partial charge >= 0.3 is 0 Å². The maximum atomic E-state index is 13.1. The first-order valence-electron chi connectivity index (χ1n) is 5.25. The largest absolute Gasteiger partial charge is 0.337 e. The Morgan fingerprint density at radius 1 is 1.41 bits per heavy atom. The molecule has 3 rings (SSSR count). The zero-order valence-electron chi connectivity index (χ0n) is 9.07. The van der Waals surface area contributed by atoms with Gasteiger partial charge in [-0.05, 0) is 36.2 Å². The molecule has 1 aromatic carbocycles. The Bertz CT molecular complexity index is 673. The normalized spacial score (nSPS) is 11.2. The minimum absolute atomic E-state index is 0.272. The van der Waals surface area contributed by atoms with Crippen LogP contribution >= 0.6 is 11.5 Å². The second kappa shape index (κ2) is 3.89. The van der Waals surface area contributed by atoms with E-state index in [9.17, 15) is 4.39 Å². The number of hydrogen-bond acceptors (Lipinski definition) is 4. The molecule has 0 saturated carbocycles. The van der Waals surface area contributed by atoms with Gasteiger partial charge in [-0.1, -0.05) is 11.4 Å². The fourth-order valence-corrected chi connectivity index (χ4v) is 2.40. The Labute approximate surface area is 101 Å². The third-order valence-electron chi connectivity index (χ3n) is 2.55. The van der Waals surface area contributed by atoms with Gasteiger partial charge in [0.15, 0.2) is 5.82 Å². The molecule has 4 nitrogen and oxygen atoms in total. The molecule has 0 aliphatic carbocycles. The lowest BCUT2D eigenvalue weighted by Crippen LogP contribution is -1.85. The number of imidazole rings is 1. The molecule has 0 bridgehead atoms. The molecule has 0 aliphatic heterocycles. The number of fused-ring (bicyclic) bond motifs is 1. The van der Waals surface area contributed by atoms with E-state index in [4.69, 9.17) is 0 Å². The average Bonchev–Trinajstić information content (AvgIpc) is 2.93. The molecule has 0 atom stereocenters. The topological polar surface area (TPSA) is 54.5 Å². The van der Waals surface area contributed by atoms with Crippen LogP contribution in [0.4, 0.5) is 4.39 Å². The van der Waals surface area contributed by atoms with Crippen LogP contribution in [0.3, 0.4) is 0 Å². The van der Waals surface area contributed by atoms with E-state index in [0.717, 1.165) is 22.5 Å². The third-order valence-corrected chi connectivity index (χ3v) is 3.32. The Balaban J connectivity index is 2.18. The molecule has 2 heterocycles. The number of aromatic amines is 1. The van der Waals surface area contributed by atoms with Crippen molar-refractivity contribution in [2.45, 2.75) is 13.3 Å². The number of aryl methyl sites for hydroxylation is 1. The Kier molecular flexibility index (Phi) is 2.36. The SMILES string of the molecule is CCc1nnsc1-c1nc2ccc(F)cc2[nH]1. The zero-order chi connectivity index (χ0) is 11.8. The molecule has 0 radical (unpaired) electrons. The van der Waals surface area contributed by atoms with Crippen molar-refractivity contribution in [3.05, 3.63) is 29.7 Å². The van der Waals surface area contributed by atoms with E-state index in [2.05, 4.69) is 19.6 Å². The van der Waals surface area contributed by atoms with Crippen LogP contribution in [-0.2, 0) is 6.42 Å². The minimum atomic E-state index is -0.272. The molecule has 0 fully saturated rings. The molecule has 2 aromatic heterocycles. The van der Waals surface area contributed by atoms with E-state index < -0.39 is 0 Å². The van der Waals surface area contributed by atoms with Gasteiger partial charge in [0.05, 0.1) is 16.7 Å². The molecular formula is C11H9FN4S. The second-order valence-corrected chi connectivity index (χ2v) is 4.40. The molecule has 0 unspecified atom stereocenters. The van der Waals surface area contributed by atoms with Crippen LogP contribution in [-0.4, -0.2) is 19.6 Å². The van der Waals surface area contributed by atoms with Crippen LogP contribution in [0.25, 0.3) is 21.7 Å². The van der Waals surface area contributed by atoms with Crippen molar-refractivity contribution < 1.29 is 4.39 Å². The lowest BCUT2D eigenvalue weighted by atomic mass is 10.3. The van der Waals surface area contributed by atoms with Gasteiger partial charge in [-0.2, -0.15) is 0 Å². The van der Waals surface area contributed by atoms with Crippen molar-refractivity contribution in [2.75, 3.05) is 0 Å². The summed E-state index contributed by atoms with van der Waals surface area (Å²) >= 11 is 1.30. The summed E-state index contributed by atoms with van der Waals surface area (Å²) < 4.78 is 17.0. The molecule has 6 heteroatoms. The van der Waals surface area contributed by atoms with Crippen LogP contribution in [0.5, 0.6) is 0 Å². The van der Waals surface area contributed by atoms with Crippen molar-refractivity contribution in [3.63, 3.8) is 0 Å². The summed E-state index contributed by atoms with van der Waals surface area (Å²) in [7, 11) is 0. The fraction of sp³-hybridized carbons (Fsp3) is 0.182. The van der Waals surface area contributed by atoms with Crippen molar-refractivity contribution in [1.82, 2.24) is 19.6 Å². The number of nitrogens with zero attached hydrogens (tertiary/aromatic N) is 3. The Hall–Kier alpha value is -1.82. The standard InChI is InChI=1S/C11H9FN4S/c1-2-7-10(17-16-15-7)11-13-8-4-3-6(12)5-9(8)14-11/h3-5H,2H2,1H3,(H,13,14). The fourth-order valence-electron chi connectivity index (χ4n) is 1.71. The van der Waals surface area contributed by atoms with Gasteiger partial charge in [0.25, 0.3) is 0 Å². The average molecular weight is 248 g/mol. The Morgan fingerprint density at radius 3 is 3.12 bits per heavy atom. The van der Waals surface area contributed by atoms with Crippen molar-refractivity contribution in [2.24, 2.45) is 0 Å². The highest BCUT2D eigenvalue weighted by Crippen LogP contribution is 2.26. The molecule has 0 amide bonds. The highest BCUT2D eigenvalue weighted by Gasteiger charge is 2.13. The molecule has 17 heavy (non-hydrogen) atoms. The minimum Gasteiger partial charge on any atom is -0.337 e.